The maximum Gasteiger partial charge on any atom is 0.123 e. The van der Waals surface area contributed by atoms with Crippen molar-refractivity contribution >= 4 is 0 Å². The van der Waals surface area contributed by atoms with Gasteiger partial charge in [-0.25, -0.2) is 0 Å². The minimum absolute atomic E-state index is 0.104. The minimum atomic E-state index is 0.104. The van der Waals surface area contributed by atoms with Crippen molar-refractivity contribution in [2.75, 3.05) is 6.61 Å². The van der Waals surface area contributed by atoms with E-state index in [9.17, 15) is 0 Å². The third-order valence-corrected chi connectivity index (χ3v) is 3.58. The van der Waals surface area contributed by atoms with Crippen molar-refractivity contribution in [3.63, 3.8) is 0 Å². The third-order valence-electron chi connectivity index (χ3n) is 3.58. The summed E-state index contributed by atoms with van der Waals surface area (Å²) >= 11 is 0. The zero-order chi connectivity index (χ0) is 14.0. The number of benzene rings is 1. The number of ether oxygens (including phenoxy) is 1. The summed E-state index contributed by atoms with van der Waals surface area (Å²) in [6.45, 7) is 9.63. The second-order valence-corrected chi connectivity index (χ2v) is 7.02. The summed E-state index contributed by atoms with van der Waals surface area (Å²) in [4.78, 5) is 0. The van der Waals surface area contributed by atoms with E-state index in [4.69, 9.17) is 10.5 Å². The van der Waals surface area contributed by atoms with E-state index in [0.29, 0.717) is 0 Å². The molecule has 1 fully saturated rings. The van der Waals surface area contributed by atoms with Gasteiger partial charge in [-0.15, -0.1) is 0 Å². The van der Waals surface area contributed by atoms with Crippen LogP contribution in [0.5, 0.6) is 5.75 Å². The molecule has 0 aliphatic heterocycles. The van der Waals surface area contributed by atoms with Crippen molar-refractivity contribution in [2.24, 2.45) is 11.7 Å². The highest BCUT2D eigenvalue weighted by Gasteiger charge is 2.24. The lowest BCUT2D eigenvalue weighted by atomic mass is 9.85. The van der Waals surface area contributed by atoms with E-state index in [2.05, 4.69) is 39.0 Å². The number of hydrogen-bond acceptors (Lipinski definition) is 2. The number of nitrogens with two attached hydrogens (primary N) is 1. The average Bonchev–Trinajstić information content (AvgIpc) is 3.09. The van der Waals surface area contributed by atoms with Gasteiger partial charge in [0.1, 0.15) is 5.75 Å². The molecule has 1 aromatic carbocycles. The van der Waals surface area contributed by atoms with Crippen molar-refractivity contribution in [3.05, 3.63) is 29.3 Å². The average molecular weight is 261 g/mol. The minimum Gasteiger partial charge on any atom is -0.493 e. The highest BCUT2D eigenvalue weighted by atomic mass is 16.5. The van der Waals surface area contributed by atoms with Crippen molar-refractivity contribution < 1.29 is 4.74 Å². The maximum absolute atomic E-state index is 6.02. The summed E-state index contributed by atoms with van der Waals surface area (Å²) in [5.74, 6) is 1.84. The first-order valence-corrected chi connectivity index (χ1v) is 7.38. The van der Waals surface area contributed by atoms with E-state index in [1.54, 1.807) is 0 Å². The molecular weight excluding hydrogens is 234 g/mol. The summed E-state index contributed by atoms with van der Waals surface area (Å²) in [6, 6.07) is 6.75. The Bertz CT molecular complexity index is 427. The van der Waals surface area contributed by atoms with Gasteiger partial charge in [0.25, 0.3) is 0 Å². The molecule has 2 nitrogen and oxygen atoms in total. The summed E-state index contributed by atoms with van der Waals surface area (Å²) in [5, 5.41) is 0. The Morgan fingerprint density at radius 1 is 1.32 bits per heavy atom. The predicted octanol–water partition coefficient (Wildman–Crippen LogP) is 3.66. The number of hydrogen-bond donors (Lipinski definition) is 1. The molecule has 1 atom stereocenters. The third kappa shape index (κ3) is 4.24. The first-order chi connectivity index (χ1) is 8.86. The fraction of sp³-hybridized carbons (Fsp3) is 0.647. The largest absolute Gasteiger partial charge is 0.493 e. The van der Waals surface area contributed by atoms with Gasteiger partial charge in [-0.2, -0.15) is 0 Å². The van der Waals surface area contributed by atoms with Gasteiger partial charge in [0, 0.05) is 6.04 Å². The van der Waals surface area contributed by atoms with E-state index >= 15 is 0 Å². The summed E-state index contributed by atoms with van der Waals surface area (Å²) in [5.41, 5.74) is 8.60. The smallest absolute Gasteiger partial charge is 0.123 e. The van der Waals surface area contributed by atoms with Gasteiger partial charge in [-0.05, 0) is 54.7 Å². The molecule has 1 aliphatic carbocycles. The molecule has 1 aliphatic rings. The van der Waals surface area contributed by atoms with Crippen LogP contribution in [0.2, 0.25) is 0 Å². The molecule has 0 heterocycles. The van der Waals surface area contributed by atoms with Gasteiger partial charge < -0.3 is 10.5 Å². The van der Waals surface area contributed by atoms with Crippen LogP contribution in [0.25, 0.3) is 0 Å². The zero-order valence-corrected chi connectivity index (χ0v) is 12.7. The molecule has 0 aromatic heterocycles. The van der Waals surface area contributed by atoms with Crippen molar-refractivity contribution in [2.45, 2.75) is 58.4 Å². The van der Waals surface area contributed by atoms with E-state index < -0.39 is 0 Å². The first kappa shape index (κ1) is 14.4. The van der Waals surface area contributed by atoms with E-state index in [-0.39, 0.29) is 11.5 Å². The van der Waals surface area contributed by atoms with Gasteiger partial charge >= 0.3 is 0 Å². The topological polar surface area (TPSA) is 35.2 Å². The standard InChI is InChI=1S/C17H27NO/c1-12(18)9-14-7-8-16(19-11-13-5-6-13)15(10-14)17(2,3)4/h7-8,10,12-13H,5-6,9,11,18H2,1-4H3. The molecular formula is C17H27NO. The summed E-state index contributed by atoms with van der Waals surface area (Å²) in [6.07, 6.45) is 3.58. The van der Waals surface area contributed by atoms with Crippen molar-refractivity contribution in [1.82, 2.24) is 0 Å². The van der Waals surface area contributed by atoms with Crippen LogP contribution in [0.4, 0.5) is 0 Å². The van der Waals surface area contributed by atoms with Crippen LogP contribution < -0.4 is 10.5 Å². The molecule has 0 amide bonds. The molecule has 106 valence electrons. The molecule has 1 unspecified atom stereocenters. The van der Waals surface area contributed by atoms with Crippen LogP contribution in [0.15, 0.2) is 18.2 Å². The van der Waals surface area contributed by atoms with Gasteiger partial charge in [-0.1, -0.05) is 32.9 Å². The van der Waals surface area contributed by atoms with Crippen molar-refractivity contribution in [1.29, 1.82) is 0 Å². The first-order valence-electron chi connectivity index (χ1n) is 7.38. The fourth-order valence-corrected chi connectivity index (χ4v) is 2.28. The Balaban J connectivity index is 2.20. The van der Waals surface area contributed by atoms with Crippen LogP contribution in [0.3, 0.4) is 0 Å². The van der Waals surface area contributed by atoms with Crippen LogP contribution in [-0.2, 0) is 11.8 Å². The highest BCUT2D eigenvalue weighted by Crippen LogP contribution is 2.35. The molecule has 2 heteroatoms. The van der Waals surface area contributed by atoms with Gasteiger partial charge in [0.05, 0.1) is 6.61 Å². The maximum atomic E-state index is 6.02. The monoisotopic (exact) mass is 261 g/mol. The molecule has 0 spiro atoms. The second-order valence-electron chi connectivity index (χ2n) is 7.02. The molecule has 1 aromatic rings. The number of rotatable bonds is 5. The molecule has 19 heavy (non-hydrogen) atoms. The second kappa shape index (κ2) is 5.54. The molecule has 0 bridgehead atoms. The lowest BCUT2D eigenvalue weighted by Gasteiger charge is -2.24. The lowest BCUT2D eigenvalue weighted by molar-refractivity contribution is 0.292. The Labute approximate surface area is 117 Å². The van der Waals surface area contributed by atoms with Crippen LogP contribution in [0, 0.1) is 5.92 Å². The quantitative estimate of drug-likeness (QED) is 0.878. The highest BCUT2D eigenvalue weighted by molar-refractivity contribution is 5.42. The SMILES string of the molecule is CC(N)Cc1ccc(OCC2CC2)c(C(C)(C)C)c1. The summed E-state index contributed by atoms with van der Waals surface area (Å²) in [7, 11) is 0. The van der Waals surface area contributed by atoms with E-state index in [0.717, 1.165) is 24.7 Å². The molecule has 0 radical (unpaired) electrons. The normalized spacial score (nSPS) is 17.3. The molecule has 1 saturated carbocycles. The molecule has 2 N–H and O–H groups in total. The van der Waals surface area contributed by atoms with Gasteiger partial charge in [0.15, 0.2) is 0 Å². The molecule has 0 saturated heterocycles. The van der Waals surface area contributed by atoms with Gasteiger partial charge in [-0.3, -0.25) is 0 Å². The van der Waals surface area contributed by atoms with Crippen LogP contribution in [-0.4, -0.2) is 12.6 Å². The summed E-state index contributed by atoms with van der Waals surface area (Å²) < 4.78 is 6.02. The lowest BCUT2D eigenvalue weighted by Crippen LogP contribution is -2.19. The predicted molar refractivity (Wildman–Crippen MR) is 80.7 cm³/mol. The van der Waals surface area contributed by atoms with E-state index in [1.165, 1.54) is 24.0 Å². The van der Waals surface area contributed by atoms with Gasteiger partial charge in [0.2, 0.25) is 0 Å². The Kier molecular flexibility index (Phi) is 4.19. The zero-order valence-electron chi connectivity index (χ0n) is 12.7. The van der Waals surface area contributed by atoms with Crippen molar-refractivity contribution in [3.8, 4) is 5.75 Å². The fourth-order valence-electron chi connectivity index (χ4n) is 2.28. The van der Waals surface area contributed by atoms with Crippen LogP contribution in [0.1, 0.15) is 51.7 Å². The van der Waals surface area contributed by atoms with Crippen LogP contribution >= 0.6 is 0 Å². The Hall–Kier alpha value is -1.02. The molecule has 2 rings (SSSR count). The van der Waals surface area contributed by atoms with E-state index in [1.807, 2.05) is 6.92 Å². The Morgan fingerprint density at radius 2 is 2.00 bits per heavy atom. The Morgan fingerprint density at radius 3 is 2.53 bits per heavy atom.